The van der Waals surface area contributed by atoms with E-state index in [9.17, 15) is 9.59 Å². The molecule has 0 aliphatic carbocycles. The Morgan fingerprint density at radius 2 is 1.89 bits per heavy atom. The summed E-state index contributed by atoms with van der Waals surface area (Å²) in [4.78, 5) is 25.1. The molecule has 18 heavy (non-hydrogen) atoms. The molecule has 2 N–H and O–H groups in total. The number of hydrogen-bond donors (Lipinski definition) is 2. The van der Waals surface area contributed by atoms with Gasteiger partial charge in [-0.3, -0.25) is 9.28 Å². The van der Waals surface area contributed by atoms with Crippen molar-refractivity contribution in [1.29, 1.82) is 0 Å². The van der Waals surface area contributed by atoms with Crippen LogP contribution in [0.25, 0.3) is 10.9 Å². The van der Waals surface area contributed by atoms with E-state index in [1.165, 1.54) is 6.07 Å². The molecule has 5 heteroatoms. The third-order valence-corrected chi connectivity index (χ3v) is 2.83. The first-order chi connectivity index (χ1) is 8.29. The SMILES string of the molecule is C[N+](C)(C)c1ccc2cc(C(=O)O)c(=O)[nH]c2c1. The first kappa shape index (κ1) is 12.3. The molecule has 1 aromatic heterocycles. The standard InChI is InChI=1S/C13H14N2O3/c1-15(2,3)9-5-4-8-6-10(13(17)18)12(16)14-11(8)7-9/h4-7H,1-3H3,(H-,14,16,17,18)/p+1. The van der Waals surface area contributed by atoms with Crippen molar-refractivity contribution >= 4 is 22.6 Å². The molecule has 1 heterocycles. The number of fused-ring (bicyclic) bond motifs is 1. The van der Waals surface area contributed by atoms with Crippen LogP contribution in [0.15, 0.2) is 29.1 Å². The Balaban J connectivity index is 2.71. The molecule has 0 aliphatic rings. The van der Waals surface area contributed by atoms with E-state index in [1.54, 1.807) is 0 Å². The van der Waals surface area contributed by atoms with Gasteiger partial charge in [0, 0.05) is 6.07 Å². The normalized spacial score (nSPS) is 11.7. The van der Waals surface area contributed by atoms with E-state index in [2.05, 4.69) is 4.98 Å². The first-order valence-corrected chi connectivity index (χ1v) is 5.51. The molecular formula is C13H15N2O3+. The Morgan fingerprint density at radius 3 is 2.44 bits per heavy atom. The summed E-state index contributed by atoms with van der Waals surface area (Å²) in [6, 6.07) is 7.00. The summed E-state index contributed by atoms with van der Waals surface area (Å²) in [7, 11) is 6.06. The van der Waals surface area contributed by atoms with Gasteiger partial charge in [0.2, 0.25) is 0 Å². The van der Waals surface area contributed by atoms with Gasteiger partial charge >= 0.3 is 5.97 Å². The van der Waals surface area contributed by atoms with Crippen LogP contribution in [0, 0.1) is 0 Å². The smallest absolute Gasteiger partial charge is 0.341 e. The van der Waals surface area contributed by atoms with E-state index in [4.69, 9.17) is 5.11 Å². The van der Waals surface area contributed by atoms with Crippen LogP contribution in [0.2, 0.25) is 0 Å². The lowest BCUT2D eigenvalue weighted by Gasteiger charge is -2.23. The van der Waals surface area contributed by atoms with Gasteiger partial charge < -0.3 is 10.1 Å². The fraction of sp³-hybridized carbons (Fsp3) is 0.231. The number of aromatic amines is 1. The van der Waals surface area contributed by atoms with Crippen molar-refractivity contribution in [3.05, 3.63) is 40.2 Å². The van der Waals surface area contributed by atoms with Gasteiger partial charge in [0.25, 0.3) is 5.56 Å². The van der Waals surface area contributed by atoms with E-state index in [1.807, 2.05) is 39.3 Å². The van der Waals surface area contributed by atoms with E-state index in [0.717, 1.165) is 5.69 Å². The second kappa shape index (κ2) is 3.96. The second-order valence-electron chi connectivity index (χ2n) is 5.10. The topological polar surface area (TPSA) is 70.2 Å². The van der Waals surface area contributed by atoms with Crippen molar-refractivity contribution in [1.82, 2.24) is 9.47 Å². The molecule has 2 aromatic rings. The predicted octanol–water partition coefficient (Wildman–Crippen LogP) is 1.42. The molecule has 0 bridgehead atoms. The minimum Gasteiger partial charge on any atom is -0.477 e. The molecule has 1 aromatic carbocycles. The Hall–Kier alpha value is -2.14. The molecule has 0 fully saturated rings. The number of quaternary nitrogens is 1. The molecule has 0 amide bonds. The molecule has 0 unspecified atom stereocenters. The van der Waals surface area contributed by atoms with Crippen LogP contribution in [0.4, 0.5) is 5.69 Å². The van der Waals surface area contributed by atoms with Gasteiger partial charge in [0.1, 0.15) is 11.3 Å². The molecule has 94 valence electrons. The lowest BCUT2D eigenvalue weighted by molar-refractivity contribution is 0.0695. The van der Waals surface area contributed by atoms with E-state index in [-0.39, 0.29) is 5.56 Å². The largest absolute Gasteiger partial charge is 0.477 e. The predicted molar refractivity (Wildman–Crippen MR) is 71.1 cm³/mol. The van der Waals surface area contributed by atoms with Crippen LogP contribution >= 0.6 is 0 Å². The Bertz CT molecular complexity index is 681. The number of carboxylic acids is 1. The maximum atomic E-state index is 11.6. The number of carbonyl (C=O) groups is 1. The van der Waals surface area contributed by atoms with Crippen LogP contribution in [-0.4, -0.2) is 37.2 Å². The molecule has 0 spiro atoms. The molecule has 0 saturated heterocycles. The van der Waals surface area contributed by atoms with Crippen molar-refractivity contribution < 1.29 is 9.90 Å². The number of H-pyrrole nitrogens is 1. The average molecular weight is 247 g/mol. The lowest BCUT2D eigenvalue weighted by Crippen LogP contribution is -2.34. The van der Waals surface area contributed by atoms with Gasteiger partial charge in [0.05, 0.1) is 26.7 Å². The number of aromatic carboxylic acids is 1. The van der Waals surface area contributed by atoms with Crippen LogP contribution in [0.5, 0.6) is 0 Å². The van der Waals surface area contributed by atoms with Crippen molar-refractivity contribution in [3.8, 4) is 0 Å². The minimum absolute atomic E-state index is 0.236. The van der Waals surface area contributed by atoms with Crippen LogP contribution in [-0.2, 0) is 0 Å². The molecule has 5 nitrogen and oxygen atoms in total. The minimum atomic E-state index is -1.21. The van der Waals surface area contributed by atoms with Crippen molar-refractivity contribution in [2.45, 2.75) is 0 Å². The fourth-order valence-corrected chi connectivity index (χ4v) is 1.77. The highest BCUT2D eigenvalue weighted by Gasteiger charge is 2.14. The summed E-state index contributed by atoms with van der Waals surface area (Å²) in [5.74, 6) is -1.21. The lowest BCUT2D eigenvalue weighted by atomic mass is 10.1. The first-order valence-electron chi connectivity index (χ1n) is 5.51. The third kappa shape index (κ3) is 2.12. The van der Waals surface area contributed by atoms with Gasteiger partial charge in [-0.2, -0.15) is 0 Å². The summed E-state index contributed by atoms with van der Waals surface area (Å²) < 4.78 is 0.624. The quantitative estimate of drug-likeness (QED) is 0.788. The zero-order chi connectivity index (χ0) is 13.5. The zero-order valence-electron chi connectivity index (χ0n) is 10.5. The molecule has 0 saturated carbocycles. The van der Waals surface area contributed by atoms with Crippen LogP contribution in [0.1, 0.15) is 10.4 Å². The monoisotopic (exact) mass is 247 g/mol. The van der Waals surface area contributed by atoms with Crippen LogP contribution in [0.3, 0.4) is 0 Å². The highest BCUT2D eigenvalue weighted by Crippen LogP contribution is 2.22. The number of nitrogens with zero attached hydrogens (tertiary/aromatic N) is 1. The highest BCUT2D eigenvalue weighted by molar-refractivity contribution is 5.93. The summed E-state index contributed by atoms with van der Waals surface area (Å²) in [6.07, 6.45) is 0. The summed E-state index contributed by atoms with van der Waals surface area (Å²) >= 11 is 0. The molecule has 0 aliphatic heterocycles. The summed E-state index contributed by atoms with van der Waals surface area (Å²) in [6.45, 7) is 0. The number of benzene rings is 1. The molecule has 0 radical (unpaired) electrons. The Morgan fingerprint density at radius 1 is 1.22 bits per heavy atom. The molecule has 0 atom stereocenters. The van der Waals surface area contributed by atoms with Gasteiger partial charge in [-0.25, -0.2) is 4.79 Å². The van der Waals surface area contributed by atoms with Crippen molar-refractivity contribution in [2.75, 3.05) is 21.1 Å². The maximum Gasteiger partial charge on any atom is 0.341 e. The average Bonchev–Trinajstić information content (AvgIpc) is 2.25. The number of nitrogens with one attached hydrogen (secondary N) is 1. The van der Waals surface area contributed by atoms with Gasteiger partial charge in [0.15, 0.2) is 0 Å². The number of carboxylic acid groups (broad SMARTS) is 1. The van der Waals surface area contributed by atoms with Gasteiger partial charge in [-0.15, -0.1) is 0 Å². The number of rotatable bonds is 2. The van der Waals surface area contributed by atoms with Crippen molar-refractivity contribution in [3.63, 3.8) is 0 Å². The van der Waals surface area contributed by atoms with Crippen molar-refractivity contribution in [2.24, 2.45) is 0 Å². The number of hydrogen-bond acceptors (Lipinski definition) is 2. The Labute approximate surface area is 104 Å². The van der Waals surface area contributed by atoms with Crippen LogP contribution < -0.4 is 10.0 Å². The maximum absolute atomic E-state index is 11.6. The van der Waals surface area contributed by atoms with E-state index < -0.39 is 11.5 Å². The summed E-state index contributed by atoms with van der Waals surface area (Å²) in [5.41, 5.74) is 0.867. The number of pyridine rings is 1. The molecule has 2 rings (SSSR count). The highest BCUT2D eigenvalue weighted by atomic mass is 16.4. The van der Waals surface area contributed by atoms with E-state index >= 15 is 0 Å². The van der Waals surface area contributed by atoms with E-state index in [0.29, 0.717) is 15.4 Å². The van der Waals surface area contributed by atoms with Gasteiger partial charge in [-0.1, -0.05) is 0 Å². The molecular weight excluding hydrogens is 232 g/mol. The Kier molecular flexibility index (Phi) is 2.71. The number of aromatic nitrogens is 1. The second-order valence-corrected chi connectivity index (χ2v) is 5.10. The zero-order valence-corrected chi connectivity index (χ0v) is 10.5. The van der Waals surface area contributed by atoms with Gasteiger partial charge in [-0.05, 0) is 23.6 Å². The third-order valence-electron chi connectivity index (χ3n) is 2.83. The summed E-state index contributed by atoms with van der Waals surface area (Å²) in [5, 5.41) is 9.60. The fourth-order valence-electron chi connectivity index (χ4n) is 1.77.